The first-order chi connectivity index (χ1) is 13.8. The summed E-state index contributed by atoms with van der Waals surface area (Å²) in [7, 11) is 0. The summed E-state index contributed by atoms with van der Waals surface area (Å²) in [6.07, 6.45) is 1.78. The van der Waals surface area contributed by atoms with E-state index in [9.17, 15) is 14.4 Å². The Morgan fingerprint density at radius 3 is 1.76 bits per heavy atom. The minimum atomic E-state index is -0.830. The summed E-state index contributed by atoms with van der Waals surface area (Å²) in [5, 5.41) is 2.72. The fourth-order valence-electron chi connectivity index (χ4n) is 2.85. The van der Waals surface area contributed by atoms with Crippen LogP contribution in [0.1, 0.15) is 59.5 Å². The normalized spacial score (nSPS) is 11.8. The first-order valence-electron chi connectivity index (χ1n) is 10.0. The highest BCUT2D eigenvalue weighted by Gasteiger charge is 2.27. The van der Waals surface area contributed by atoms with Gasteiger partial charge in [-0.05, 0) is 42.0 Å². The molecule has 154 valence electrons. The van der Waals surface area contributed by atoms with Crippen molar-refractivity contribution in [2.45, 2.75) is 46.6 Å². The van der Waals surface area contributed by atoms with Crippen LogP contribution in [0.4, 0.5) is 0 Å². The molecule has 0 fully saturated rings. The highest BCUT2D eigenvalue weighted by atomic mass is 16.5. The van der Waals surface area contributed by atoms with Gasteiger partial charge in [-0.25, -0.2) is 4.79 Å². The lowest BCUT2D eigenvalue weighted by Crippen LogP contribution is -2.45. The van der Waals surface area contributed by atoms with Crippen LogP contribution in [0.2, 0.25) is 0 Å². The maximum Gasteiger partial charge on any atom is 0.329 e. The van der Waals surface area contributed by atoms with Gasteiger partial charge in [0.25, 0.3) is 5.91 Å². The number of nitrogens with one attached hydrogen (secondary N) is 1. The van der Waals surface area contributed by atoms with Gasteiger partial charge in [-0.3, -0.25) is 9.59 Å². The number of ketones is 1. The summed E-state index contributed by atoms with van der Waals surface area (Å²) in [6, 6.07) is 13.7. The topological polar surface area (TPSA) is 72.5 Å². The van der Waals surface area contributed by atoms with E-state index in [2.05, 4.69) is 5.32 Å². The minimum Gasteiger partial charge on any atom is -0.456 e. The molecule has 1 atom stereocenters. The summed E-state index contributed by atoms with van der Waals surface area (Å²) in [4.78, 5) is 37.3. The van der Waals surface area contributed by atoms with Crippen molar-refractivity contribution in [3.05, 3.63) is 70.8 Å². The Labute approximate surface area is 172 Å². The van der Waals surface area contributed by atoms with Crippen LogP contribution in [-0.4, -0.2) is 30.3 Å². The molecule has 0 aliphatic rings. The van der Waals surface area contributed by atoms with Gasteiger partial charge in [-0.2, -0.15) is 0 Å². The van der Waals surface area contributed by atoms with Gasteiger partial charge in [0.2, 0.25) is 0 Å². The molecule has 1 N–H and O–H groups in total. The second kappa shape index (κ2) is 10.6. The molecule has 0 aliphatic carbocycles. The number of hydrogen-bond donors (Lipinski definition) is 1. The van der Waals surface area contributed by atoms with E-state index in [1.54, 1.807) is 24.3 Å². The zero-order chi connectivity index (χ0) is 21.4. The molecule has 0 aliphatic heterocycles. The highest BCUT2D eigenvalue weighted by Crippen LogP contribution is 2.10. The maximum absolute atomic E-state index is 12.5. The van der Waals surface area contributed by atoms with E-state index in [1.165, 1.54) is 0 Å². The average Bonchev–Trinajstić information content (AvgIpc) is 2.75. The molecule has 0 heterocycles. The molecule has 29 heavy (non-hydrogen) atoms. The second-order valence-electron chi connectivity index (χ2n) is 7.33. The molecule has 0 bridgehead atoms. The predicted molar refractivity (Wildman–Crippen MR) is 113 cm³/mol. The molecule has 0 radical (unpaired) electrons. The standard InChI is InChI=1S/C24H29NO4/c1-5-17-7-11-19(12-8-17)21(26)15-29-24(28)22(16(3)4)25-23(27)20-13-9-18(6-2)10-14-20/h7-14,16,22H,5-6,15H2,1-4H3,(H,25,27)/t22-/m1/s1. The number of amides is 1. The zero-order valence-electron chi connectivity index (χ0n) is 17.5. The number of hydrogen-bond acceptors (Lipinski definition) is 4. The Kier molecular flexibility index (Phi) is 8.13. The fraction of sp³-hybridized carbons (Fsp3) is 0.375. The largest absolute Gasteiger partial charge is 0.456 e. The molecular formula is C24H29NO4. The highest BCUT2D eigenvalue weighted by molar-refractivity contribution is 5.99. The summed E-state index contributed by atoms with van der Waals surface area (Å²) < 4.78 is 5.21. The first kappa shape index (κ1) is 22.3. The van der Waals surface area contributed by atoms with Crippen LogP contribution in [-0.2, 0) is 22.4 Å². The quantitative estimate of drug-likeness (QED) is 0.515. The van der Waals surface area contributed by atoms with Crippen LogP contribution in [0.5, 0.6) is 0 Å². The minimum absolute atomic E-state index is 0.180. The van der Waals surface area contributed by atoms with Gasteiger partial charge in [-0.1, -0.05) is 64.1 Å². The summed E-state index contributed by atoms with van der Waals surface area (Å²) in [6.45, 7) is 7.36. The molecule has 0 saturated carbocycles. The van der Waals surface area contributed by atoms with Crippen molar-refractivity contribution in [1.82, 2.24) is 5.32 Å². The molecule has 0 saturated heterocycles. The molecule has 0 unspecified atom stereocenters. The Bertz CT molecular complexity index is 838. The molecule has 5 heteroatoms. The number of benzene rings is 2. The van der Waals surface area contributed by atoms with Crippen molar-refractivity contribution in [2.24, 2.45) is 5.92 Å². The smallest absolute Gasteiger partial charge is 0.329 e. The number of Topliss-reactive ketones (excluding diaryl/α,β-unsaturated/α-hetero) is 1. The monoisotopic (exact) mass is 395 g/mol. The Morgan fingerprint density at radius 1 is 0.828 bits per heavy atom. The lowest BCUT2D eigenvalue weighted by atomic mass is 10.0. The number of rotatable bonds is 9. The van der Waals surface area contributed by atoms with Crippen LogP contribution in [0.25, 0.3) is 0 Å². The van der Waals surface area contributed by atoms with E-state index in [0.29, 0.717) is 11.1 Å². The van der Waals surface area contributed by atoms with E-state index in [0.717, 1.165) is 24.0 Å². The van der Waals surface area contributed by atoms with Crippen molar-refractivity contribution in [2.75, 3.05) is 6.61 Å². The molecule has 0 aromatic heterocycles. The number of esters is 1. The average molecular weight is 395 g/mol. The summed E-state index contributed by atoms with van der Waals surface area (Å²) >= 11 is 0. The van der Waals surface area contributed by atoms with Gasteiger partial charge < -0.3 is 10.1 Å². The van der Waals surface area contributed by atoms with Crippen LogP contribution in [0, 0.1) is 5.92 Å². The lowest BCUT2D eigenvalue weighted by Gasteiger charge is -2.20. The van der Waals surface area contributed by atoms with Crippen molar-refractivity contribution < 1.29 is 19.1 Å². The molecule has 1 amide bonds. The van der Waals surface area contributed by atoms with Crippen molar-refractivity contribution in [1.29, 1.82) is 0 Å². The third kappa shape index (κ3) is 6.28. The number of aryl methyl sites for hydroxylation is 2. The van der Waals surface area contributed by atoms with Crippen molar-refractivity contribution in [3.8, 4) is 0 Å². The van der Waals surface area contributed by atoms with Gasteiger partial charge in [-0.15, -0.1) is 0 Å². The van der Waals surface area contributed by atoms with Crippen LogP contribution in [0.3, 0.4) is 0 Å². The van der Waals surface area contributed by atoms with E-state index >= 15 is 0 Å². The van der Waals surface area contributed by atoms with Crippen LogP contribution >= 0.6 is 0 Å². The van der Waals surface area contributed by atoms with E-state index in [1.807, 2.05) is 52.0 Å². The SMILES string of the molecule is CCc1ccc(C(=O)COC(=O)[C@H](NC(=O)c2ccc(CC)cc2)C(C)C)cc1. The molecule has 0 spiro atoms. The molecule has 2 rings (SSSR count). The van der Waals surface area contributed by atoms with Crippen LogP contribution in [0.15, 0.2) is 48.5 Å². The van der Waals surface area contributed by atoms with Gasteiger partial charge >= 0.3 is 5.97 Å². The fourth-order valence-corrected chi connectivity index (χ4v) is 2.85. The lowest BCUT2D eigenvalue weighted by molar-refractivity contribution is -0.145. The van der Waals surface area contributed by atoms with E-state index in [-0.39, 0.29) is 24.2 Å². The zero-order valence-corrected chi connectivity index (χ0v) is 17.5. The third-order valence-electron chi connectivity index (χ3n) is 4.86. The first-order valence-corrected chi connectivity index (χ1v) is 10.0. The van der Waals surface area contributed by atoms with Crippen molar-refractivity contribution in [3.63, 3.8) is 0 Å². The number of carbonyl (C=O) groups is 3. The Balaban J connectivity index is 1.97. The third-order valence-corrected chi connectivity index (χ3v) is 4.86. The summed E-state index contributed by atoms with van der Waals surface area (Å²) in [5.74, 6) is -1.41. The second-order valence-corrected chi connectivity index (χ2v) is 7.33. The summed E-state index contributed by atoms with van der Waals surface area (Å²) in [5.41, 5.74) is 3.24. The Morgan fingerprint density at radius 2 is 1.31 bits per heavy atom. The van der Waals surface area contributed by atoms with Gasteiger partial charge in [0.05, 0.1) is 0 Å². The number of carbonyl (C=O) groups excluding carboxylic acids is 3. The molecule has 2 aromatic carbocycles. The predicted octanol–water partition coefficient (Wildman–Crippen LogP) is 3.99. The maximum atomic E-state index is 12.5. The van der Waals surface area contributed by atoms with Gasteiger partial charge in [0, 0.05) is 11.1 Å². The van der Waals surface area contributed by atoms with Gasteiger partial charge in [0.1, 0.15) is 6.04 Å². The Hall–Kier alpha value is -2.95. The molecular weight excluding hydrogens is 366 g/mol. The van der Waals surface area contributed by atoms with E-state index in [4.69, 9.17) is 4.74 Å². The number of ether oxygens (including phenoxy) is 1. The van der Waals surface area contributed by atoms with E-state index < -0.39 is 12.0 Å². The molecule has 5 nitrogen and oxygen atoms in total. The van der Waals surface area contributed by atoms with Crippen LogP contribution < -0.4 is 5.32 Å². The molecule has 2 aromatic rings. The van der Waals surface area contributed by atoms with Crippen molar-refractivity contribution >= 4 is 17.7 Å². The van der Waals surface area contributed by atoms with Gasteiger partial charge in [0.15, 0.2) is 12.4 Å².